The average Bonchev–Trinajstić information content (AvgIpc) is 3.33. The molecule has 0 amide bonds. The molecule has 31 heavy (non-hydrogen) atoms. The monoisotopic (exact) mass is 429 g/mol. The zero-order valence-electron chi connectivity index (χ0n) is 18.6. The first-order valence-electron chi connectivity index (χ1n) is 10.7. The van der Waals surface area contributed by atoms with E-state index in [1.54, 1.807) is 20.4 Å². The van der Waals surface area contributed by atoms with Crippen LogP contribution < -0.4 is 18.9 Å². The molecule has 1 aliphatic heterocycles. The van der Waals surface area contributed by atoms with Gasteiger partial charge in [-0.25, -0.2) is 4.98 Å². The van der Waals surface area contributed by atoms with Gasteiger partial charge in [-0.15, -0.1) is 0 Å². The Morgan fingerprint density at radius 1 is 1.13 bits per heavy atom. The van der Waals surface area contributed by atoms with Gasteiger partial charge in [-0.3, -0.25) is 4.90 Å². The second-order valence-electron chi connectivity index (χ2n) is 8.22. The molecule has 2 aromatic rings. The molecule has 1 saturated heterocycles. The second-order valence-corrected chi connectivity index (χ2v) is 8.22. The number of aromatic nitrogens is 2. The Bertz CT molecular complexity index is 924. The molecule has 8 heteroatoms. The van der Waals surface area contributed by atoms with Crippen molar-refractivity contribution < 1.29 is 24.1 Å². The molecule has 0 radical (unpaired) electrons. The molecule has 3 atom stereocenters. The Hall–Kier alpha value is -2.58. The normalized spacial score (nSPS) is 25.3. The first-order valence-corrected chi connectivity index (χ1v) is 10.7. The number of hydrogen-bond acceptors (Lipinski definition) is 8. The van der Waals surface area contributed by atoms with Gasteiger partial charge < -0.3 is 24.1 Å². The molecular formula is C23H31N3O5. The highest BCUT2D eigenvalue weighted by Crippen LogP contribution is 2.52. The second kappa shape index (κ2) is 8.88. The van der Waals surface area contributed by atoms with Crippen LogP contribution >= 0.6 is 0 Å². The smallest absolute Gasteiger partial charge is 0.319 e. The van der Waals surface area contributed by atoms with Crippen LogP contribution in [-0.4, -0.2) is 61.0 Å². The largest absolute Gasteiger partial charge is 0.493 e. The van der Waals surface area contributed by atoms with Gasteiger partial charge >= 0.3 is 6.01 Å². The van der Waals surface area contributed by atoms with E-state index in [-0.39, 0.29) is 11.9 Å². The predicted molar refractivity (Wildman–Crippen MR) is 115 cm³/mol. The number of aliphatic hydroxyl groups is 1. The molecule has 0 spiro atoms. The summed E-state index contributed by atoms with van der Waals surface area (Å²) in [4.78, 5) is 10.9. The van der Waals surface area contributed by atoms with Crippen LogP contribution in [0, 0.1) is 11.8 Å². The van der Waals surface area contributed by atoms with Crippen molar-refractivity contribution in [2.24, 2.45) is 11.8 Å². The fourth-order valence-electron chi connectivity index (χ4n) is 5.10. The maximum Gasteiger partial charge on any atom is 0.319 e. The molecule has 4 rings (SSSR count). The lowest BCUT2D eigenvalue weighted by Crippen LogP contribution is -2.35. The Labute approximate surface area is 183 Å². The molecule has 8 nitrogen and oxygen atoms in total. The number of benzene rings is 1. The van der Waals surface area contributed by atoms with Crippen LogP contribution in [0.1, 0.15) is 30.9 Å². The van der Waals surface area contributed by atoms with E-state index >= 15 is 0 Å². The minimum absolute atomic E-state index is 0.100. The first kappa shape index (κ1) is 21.6. The summed E-state index contributed by atoms with van der Waals surface area (Å²) in [6.45, 7) is 5.09. The van der Waals surface area contributed by atoms with Gasteiger partial charge in [0.15, 0.2) is 11.5 Å². The molecule has 1 N–H and O–H groups in total. The van der Waals surface area contributed by atoms with Gasteiger partial charge in [0.2, 0.25) is 5.88 Å². The quantitative estimate of drug-likeness (QED) is 0.685. The average molecular weight is 430 g/mol. The number of ether oxygens (including phenoxy) is 4. The predicted octanol–water partition coefficient (Wildman–Crippen LogP) is 2.63. The lowest BCUT2D eigenvalue weighted by Gasteiger charge is -2.31. The zero-order chi connectivity index (χ0) is 22.0. The molecule has 2 aliphatic rings. The summed E-state index contributed by atoms with van der Waals surface area (Å²) in [7, 11) is 4.72. The van der Waals surface area contributed by atoms with E-state index in [9.17, 15) is 5.11 Å². The number of nitrogens with zero attached hydrogens (tertiary/aromatic N) is 3. The molecule has 1 aromatic carbocycles. The van der Waals surface area contributed by atoms with E-state index in [0.717, 1.165) is 43.1 Å². The fourth-order valence-corrected chi connectivity index (χ4v) is 5.10. The van der Waals surface area contributed by atoms with Gasteiger partial charge in [-0.2, -0.15) is 4.98 Å². The number of hydrogen-bond donors (Lipinski definition) is 1. The minimum Gasteiger partial charge on any atom is -0.493 e. The van der Waals surface area contributed by atoms with Crippen molar-refractivity contribution >= 4 is 0 Å². The summed E-state index contributed by atoms with van der Waals surface area (Å²) < 4.78 is 21.7. The van der Waals surface area contributed by atoms with E-state index in [1.807, 2.05) is 19.1 Å². The van der Waals surface area contributed by atoms with Crippen LogP contribution in [0.4, 0.5) is 0 Å². The molecule has 2 heterocycles. The topological polar surface area (TPSA) is 86.2 Å². The van der Waals surface area contributed by atoms with Gasteiger partial charge in [-0.1, -0.05) is 6.07 Å². The van der Waals surface area contributed by atoms with Crippen molar-refractivity contribution in [1.29, 1.82) is 0 Å². The van der Waals surface area contributed by atoms with Gasteiger partial charge in [0.25, 0.3) is 0 Å². The third kappa shape index (κ3) is 4.02. The highest BCUT2D eigenvalue weighted by molar-refractivity contribution is 5.43. The van der Waals surface area contributed by atoms with E-state index < -0.39 is 5.60 Å². The molecule has 1 saturated carbocycles. The Morgan fingerprint density at radius 2 is 1.97 bits per heavy atom. The molecule has 168 valence electrons. The van der Waals surface area contributed by atoms with Gasteiger partial charge in [0, 0.05) is 31.7 Å². The lowest BCUT2D eigenvalue weighted by molar-refractivity contribution is -0.00972. The number of likely N-dealkylation sites (tertiary alicyclic amines) is 1. The van der Waals surface area contributed by atoms with Crippen molar-refractivity contribution in [1.82, 2.24) is 14.9 Å². The SMILES string of the molecule is CCOc1cc(CN2C[C@@H]3CC[C@@](O)(c4cnc(OC)nc4OC)[C@@H]3C2)ccc1OC. The van der Waals surface area contributed by atoms with E-state index in [4.69, 9.17) is 18.9 Å². The van der Waals surface area contributed by atoms with Crippen LogP contribution in [0.15, 0.2) is 24.4 Å². The van der Waals surface area contributed by atoms with Crippen molar-refractivity contribution in [3.63, 3.8) is 0 Å². The van der Waals surface area contributed by atoms with Crippen molar-refractivity contribution in [3.05, 3.63) is 35.5 Å². The van der Waals surface area contributed by atoms with Gasteiger partial charge in [0.05, 0.1) is 33.5 Å². The summed E-state index contributed by atoms with van der Waals surface area (Å²) in [6, 6.07) is 6.30. The van der Waals surface area contributed by atoms with E-state index in [1.165, 1.54) is 7.11 Å². The number of methoxy groups -OCH3 is 3. The molecule has 0 unspecified atom stereocenters. The molecule has 1 aliphatic carbocycles. The summed E-state index contributed by atoms with van der Waals surface area (Å²) in [5, 5.41) is 11.7. The van der Waals surface area contributed by atoms with Crippen molar-refractivity contribution in [2.75, 3.05) is 41.0 Å². The number of fused-ring (bicyclic) bond motifs is 1. The molecule has 2 fully saturated rings. The standard InChI is InChI=1S/C23H31N3O5/c1-5-31-20-10-15(6-7-19(20)28-2)12-26-13-16-8-9-23(27,18(16)14-26)17-11-24-22(30-4)25-21(17)29-3/h6-7,10-11,16,18,27H,5,8-9,12-14H2,1-4H3/t16-,18+,23+/m0/s1. The van der Waals surface area contributed by atoms with Gasteiger partial charge in [-0.05, 0) is 43.4 Å². The fraction of sp³-hybridized carbons (Fsp3) is 0.565. The third-order valence-electron chi connectivity index (χ3n) is 6.53. The molecule has 1 aromatic heterocycles. The van der Waals surface area contributed by atoms with Crippen LogP contribution in [0.2, 0.25) is 0 Å². The highest BCUT2D eigenvalue weighted by atomic mass is 16.5. The number of rotatable bonds is 8. The van der Waals surface area contributed by atoms with Crippen LogP contribution in [-0.2, 0) is 12.1 Å². The van der Waals surface area contributed by atoms with Crippen LogP contribution in [0.25, 0.3) is 0 Å². The molecular weight excluding hydrogens is 398 g/mol. The maximum absolute atomic E-state index is 11.7. The molecule has 0 bridgehead atoms. The first-order chi connectivity index (χ1) is 15.0. The highest BCUT2D eigenvalue weighted by Gasteiger charge is 2.53. The minimum atomic E-state index is -1.01. The Balaban J connectivity index is 1.52. The van der Waals surface area contributed by atoms with Crippen LogP contribution in [0.5, 0.6) is 23.4 Å². The van der Waals surface area contributed by atoms with Crippen molar-refractivity contribution in [2.45, 2.75) is 31.9 Å². The van der Waals surface area contributed by atoms with E-state index in [2.05, 4.69) is 20.9 Å². The Morgan fingerprint density at radius 3 is 2.68 bits per heavy atom. The van der Waals surface area contributed by atoms with Crippen LogP contribution in [0.3, 0.4) is 0 Å². The zero-order valence-corrected chi connectivity index (χ0v) is 18.6. The summed E-state index contributed by atoms with van der Waals surface area (Å²) in [5.41, 5.74) is 0.805. The Kier molecular flexibility index (Phi) is 6.20. The van der Waals surface area contributed by atoms with E-state index in [0.29, 0.717) is 30.4 Å². The lowest BCUT2D eigenvalue weighted by atomic mass is 9.83. The summed E-state index contributed by atoms with van der Waals surface area (Å²) in [5.74, 6) is 2.40. The summed E-state index contributed by atoms with van der Waals surface area (Å²) >= 11 is 0. The third-order valence-corrected chi connectivity index (χ3v) is 6.53. The van der Waals surface area contributed by atoms with Crippen molar-refractivity contribution in [3.8, 4) is 23.4 Å². The van der Waals surface area contributed by atoms with Gasteiger partial charge in [0.1, 0.15) is 5.60 Å². The summed E-state index contributed by atoms with van der Waals surface area (Å²) in [6.07, 6.45) is 3.28. The maximum atomic E-state index is 11.7.